The highest BCUT2D eigenvalue weighted by Crippen LogP contribution is 2.56. The molecular formula is C21H30N2OS. The van der Waals surface area contributed by atoms with Gasteiger partial charge in [0.2, 0.25) is 0 Å². The van der Waals surface area contributed by atoms with E-state index in [-0.39, 0.29) is 5.60 Å². The van der Waals surface area contributed by atoms with Crippen molar-refractivity contribution in [3.05, 3.63) is 33.2 Å². The van der Waals surface area contributed by atoms with E-state index in [4.69, 9.17) is 4.74 Å². The molecule has 0 bridgehead atoms. The van der Waals surface area contributed by atoms with Gasteiger partial charge in [-0.1, -0.05) is 37.1 Å². The van der Waals surface area contributed by atoms with E-state index in [1.54, 1.807) is 21.7 Å². The molecule has 5 aliphatic rings. The third kappa shape index (κ3) is 2.40. The summed E-state index contributed by atoms with van der Waals surface area (Å²) in [6.45, 7) is 3.30. The zero-order valence-corrected chi connectivity index (χ0v) is 16.2. The molecule has 0 radical (unpaired) electrons. The molecule has 5 rings (SSSR count). The van der Waals surface area contributed by atoms with Crippen LogP contribution in [0.5, 0.6) is 0 Å². The van der Waals surface area contributed by atoms with Gasteiger partial charge in [0.05, 0.1) is 11.7 Å². The Hall–Kier alpha value is -0.710. The lowest BCUT2D eigenvalue weighted by molar-refractivity contribution is -0.0436. The van der Waals surface area contributed by atoms with Gasteiger partial charge in [-0.15, -0.1) is 0 Å². The predicted octanol–water partition coefficient (Wildman–Crippen LogP) is 4.19. The molecule has 136 valence electrons. The number of nitrogens with zero attached hydrogens (tertiary/aromatic N) is 1. The van der Waals surface area contributed by atoms with Crippen molar-refractivity contribution in [2.75, 3.05) is 26.7 Å². The van der Waals surface area contributed by atoms with E-state index in [0.717, 1.165) is 19.6 Å². The van der Waals surface area contributed by atoms with Crippen LogP contribution in [-0.4, -0.2) is 43.3 Å². The topological polar surface area (TPSA) is 24.5 Å². The van der Waals surface area contributed by atoms with Crippen molar-refractivity contribution in [3.8, 4) is 0 Å². The van der Waals surface area contributed by atoms with Crippen LogP contribution in [0.4, 0.5) is 0 Å². The monoisotopic (exact) mass is 358 g/mol. The average molecular weight is 359 g/mol. The molecule has 0 aromatic rings. The third-order valence-electron chi connectivity index (χ3n) is 7.21. The maximum atomic E-state index is 6.44. The zero-order chi connectivity index (χ0) is 16.9. The van der Waals surface area contributed by atoms with Crippen LogP contribution >= 0.6 is 11.8 Å². The third-order valence-corrected chi connectivity index (χ3v) is 8.31. The summed E-state index contributed by atoms with van der Waals surface area (Å²) in [6.07, 6.45) is 12.8. The van der Waals surface area contributed by atoms with Gasteiger partial charge in [-0.3, -0.25) is 0 Å². The molecule has 2 fully saturated rings. The first-order valence-electron chi connectivity index (χ1n) is 10.2. The van der Waals surface area contributed by atoms with Gasteiger partial charge in [-0.05, 0) is 61.1 Å². The largest absolute Gasteiger partial charge is 0.373 e. The van der Waals surface area contributed by atoms with Crippen LogP contribution < -0.4 is 5.32 Å². The number of methoxy groups -OCH3 is 1. The van der Waals surface area contributed by atoms with Gasteiger partial charge < -0.3 is 15.0 Å². The first-order chi connectivity index (χ1) is 12.3. The maximum Gasteiger partial charge on any atom is 0.104 e. The molecule has 2 atom stereocenters. The fourth-order valence-electron chi connectivity index (χ4n) is 6.02. The Bertz CT molecular complexity index is 646. The average Bonchev–Trinajstić information content (AvgIpc) is 2.83. The van der Waals surface area contributed by atoms with Crippen LogP contribution in [0, 0.1) is 5.92 Å². The molecule has 1 saturated heterocycles. The van der Waals surface area contributed by atoms with Gasteiger partial charge >= 0.3 is 0 Å². The molecule has 0 aromatic heterocycles. The number of rotatable bonds is 2. The maximum absolute atomic E-state index is 6.44. The Kier molecular flexibility index (Phi) is 4.26. The lowest BCUT2D eigenvalue weighted by Gasteiger charge is -2.47. The van der Waals surface area contributed by atoms with Crippen LogP contribution in [0.3, 0.4) is 0 Å². The number of nitrogens with one attached hydrogen (secondary N) is 1. The van der Waals surface area contributed by atoms with Gasteiger partial charge in [-0.25, -0.2) is 0 Å². The summed E-state index contributed by atoms with van der Waals surface area (Å²) in [5.41, 5.74) is 4.87. The van der Waals surface area contributed by atoms with Crippen molar-refractivity contribution in [3.63, 3.8) is 0 Å². The van der Waals surface area contributed by atoms with Crippen LogP contribution in [0.15, 0.2) is 33.2 Å². The summed E-state index contributed by atoms with van der Waals surface area (Å²) < 4.78 is 6.44. The minimum absolute atomic E-state index is 0.0433. The molecule has 1 saturated carbocycles. The molecule has 3 aliphatic heterocycles. The van der Waals surface area contributed by atoms with E-state index in [1.165, 1.54) is 51.4 Å². The number of hydrogen-bond donors (Lipinski definition) is 1. The normalized spacial score (nSPS) is 35.7. The molecule has 3 nitrogen and oxygen atoms in total. The summed E-state index contributed by atoms with van der Waals surface area (Å²) in [6, 6.07) is 0.628. The van der Waals surface area contributed by atoms with Gasteiger partial charge in [-0.2, -0.15) is 0 Å². The van der Waals surface area contributed by atoms with Gasteiger partial charge in [0.15, 0.2) is 0 Å². The van der Waals surface area contributed by atoms with E-state index in [2.05, 4.69) is 21.7 Å². The van der Waals surface area contributed by atoms with Gasteiger partial charge in [0.1, 0.15) is 5.60 Å². The van der Waals surface area contributed by atoms with Crippen molar-refractivity contribution in [1.82, 2.24) is 10.2 Å². The Labute approximate surface area is 155 Å². The lowest BCUT2D eigenvalue weighted by Crippen LogP contribution is -2.46. The van der Waals surface area contributed by atoms with Crippen molar-refractivity contribution in [2.24, 2.45) is 5.92 Å². The van der Waals surface area contributed by atoms with Crippen molar-refractivity contribution >= 4 is 11.8 Å². The number of fused-ring (bicyclic) bond motifs is 2. The summed E-state index contributed by atoms with van der Waals surface area (Å²) in [5, 5.41) is 5.95. The second-order valence-corrected chi connectivity index (χ2v) is 9.15. The first kappa shape index (κ1) is 16.5. The fraction of sp³-hybridized carbons (Fsp3) is 0.714. The van der Waals surface area contributed by atoms with Crippen LogP contribution in [-0.2, 0) is 4.74 Å². The number of piperidine rings is 1. The Morgan fingerprint density at radius 2 is 2.12 bits per heavy atom. The van der Waals surface area contributed by atoms with Gasteiger partial charge in [0.25, 0.3) is 0 Å². The Balaban J connectivity index is 1.64. The molecule has 0 amide bonds. The Morgan fingerprint density at radius 3 is 2.96 bits per heavy atom. The van der Waals surface area contributed by atoms with Crippen molar-refractivity contribution < 1.29 is 4.74 Å². The number of thioether (sulfide) groups is 1. The van der Waals surface area contributed by atoms with Crippen molar-refractivity contribution in [2.45, 2.75) is 63.0 Å². The highest BCUT2D eigenvalue weighted by Gasteiger charge is 2.51. The summed E-state index contributed by atoms with van der Waals surface area (Å²) in [7, 11) is 1.98. The second kappa shape index (κ2) is 6.47. The van der Waals surface area contributed by atoms with E-state index < -0.39 is 0 Å². The van der Waals surface area contributed by atoms with Gasteiger partial charge in [0, 0.05) is 25.1 Å². The molecule has 0 spiro atoms. The predicted molar refractivity (Wildman–Crippen MR) is 104 cm³/mol. The quantitative estimate of drug-likeness (QED) is 0.800. The lowest BCUT2D eigenvalue weighted by atomic mass is 9.70. The molecule has 1 N–H and O–H groups in total. The number of ether oxygens (including phenoxy) is 1. The van der Waals surface area contributed by atoms with Crippen LogP contribution in [0.25, 0.3) is 0 Å². The van der Waals surface area contributed by atoms with E-state index in [0.29, 0.717) is 12.0 Å². The van der Waals surface area contributed by atoms with E-state index in [9.17, 15) is 0 Å². The highest BCUT2D eigenvalue weighted by atomic mass is 32.2. The second-order valence-electron chi connectivity index (χ2n) is 8.23. The number of allylic oxidation sites excluding steroid dienone is 1. The molecule has 2 unspecified atom stereocenters. The standard InChI is InChI=1S/C21H30N2OS/c1-24-21(15-6-3-2-4-7-15)10-8-16-17-14-22-11-9-18(17)23-12-5-13-25-20(21)19(16)23/h5,13,15,18,22H,2-4,6-12,14H2,1H3. The molecular weight excluding hydrogens is 328 g/mol. The molecule has 25 heavy (non-hydrogen) atoms. The minimum Gasteiger partial charge on any atom is -0.373 e. The molecule has 3 heterocycles. The minimum atomic E-state index is -0.0433. The molecule has 0 aromatic carbocycles. The van der Waals surface area contributed by atoms with Crippen LogP contribution in [0.1, 0.15) is 51.4 Å². The van der Waals surface area contributed by atoms with E-state index >= 15 is 0 Å². The van der Waals surface area contributed by atoms with E-state index in [1.807, 2.05) is 18.9 Å². The summed E-state index contributed by atoms with van der Waals surface area (Å²) >= 11 is 1.96. The molecule has 4 heteroatoms. The SMILES string of the molecule is COC1(C2CCCCC2)CCC2=C3CNCCC3N3CC=CSC1=C23. The van der Waals surface area contributed by atoms with Crippen molar-refractivity contribution in [1.29, 1.82) is 0 Å². The smallest absolute Gasteiger partial charge is 0.104 e. The molecule has 2 aliphatic carbocycles. The number of hydrogen-bond acceptors (Lipinski definition) is 4. The summed E-state index contributed by atoms with van der Waals surface area (Å²) in [4.78, 5) is 4.26. The first-order valence-corrected chi connectivity index (χ1v) is 11.0. The fourth-order valence-corrected chi connectivity index (χ4v) is 7.25. The Morgan fingerprint density at radius 1 is 1.24 bits per heavy atom. The zero-order valence-electron chi connectivity index (χ0n) is 15.4. The highest BCUT2D eigenvalue weighted by molar-refractivity contribution is 8.06. The van der Waals surface area contributed by atoms with Crippen LogP contribution in [0.2, 0.25) is 0 Å². The summed E-state index contributed by atoms with van der Waals surface area (Å²) in [5.74, 6) is 0.696.